The standard InChI is InChI=1S/C20H20N6O2S2/c1-24-15(12-14(22-24)16-4-2-10-29-16)19(27)21-8-9-25-20(28)26(13-6-7-13)18(23-25)17-5-3-11-30-17/h2-5,10-13H,6-9H2,1H3,(H,21,27). The predicted molar refractivity (Wildman–Crippen MR) is 117 cm³/mol. The summed E-state index contributed by atoms with van der Waals surface area (Å²) in [5.74, 6) is 0.497. The lowest BCUT2D eigenvalue weighted by Gasteiger charge is -2.04. The monoisotopic (exact) mass is 440 g/mol. The molecule has 0 aromatic carbocycles. The number of nitrogens with one attached hydrogen (secondary N) is 1. The molecule has 0 saturated heterocycles. The van der Waals surface area contributed by atoms with Gasteiger partial charge in [-0.1, -0.05) is 12.1 Å². The zero-order valence-electron chi connectivity index (χ0n) is 16.3. The quantitative estimate of drug-likeness (QED) is 0.479. The van der Waals surface area contributed by atoms with E-state index >= 15 is 0 Å². The van der Waals surface area contributed by atoms with Crippen molar-refractivity contribution >= 4 is 28.6 Å². The first-order valence-electron chi connectivity index (χ1n) is 9.71. The minimum absolute atomic E-state index is 0.115. The van der Waals surface area contributed by atoms with Crippen molar-refractivity contribution < 1.29 is 4.79 Å². The van der Waals surface area contributed by atoms with Crippen molar-refractivity contribution in [2.45, 2.75) is 25.4 Å². The average Bonchev–Trinajstić information content (AvgIpc) is 3.19. The Morgan fingerprint density at radius 3 is 2.57 bits per heavy atom. The molecule has 1 amide bonds. The molecule has 8 nitrogen and oxygen atoms in total. The number of hydrogen-bond acceptors (Lipinski definition) is 6. The van der Waals surface area contributed by atoms with Gasteiger partial charge < -0.3 is 5.32 Å². The summed E-state index contributed by atoms with van der Waals surface area (Å²) in [6, 6.07) is 9.89. The minimum Gasteiger partial charge on any atom is -0.349 e. The second-order valence-corrected chi connectivity index (χ2v) is 9.07. The Kier molecular flexibility index (Phi) is 4.87. The smallest absolute Gasteiger partial charge is 0.346 e. The van der Waals surface area contributed by atoms with Crippen molar-refractivity contribution in [1.82, 2.24) is 29.4 Å². The summed E-state index contributed by atoms with van der Waals surface area (Å²) in [5, 5.41) is 15.8. The van der Waals surface area contributed by atoms with E-state index in [1.165, 1.54) is 4.68 Å². The molecule has 1 fully saturated rings. The van der Waals surface area contributed by atoms with Gasteiger partial charge in [-0.05, 0) is 41.8 Å². The molecule has 5 rings (SSSR count). The third-order valence-corrected chi connectivity index (χ3v) is 6.78. The highest BCUT2D eigenvalue weighted by atomic mass is 32.1. The maximum atomic E-state index is 12.8. The van der Waals surface area contributed by atoms with E-state index in [9.17, 15) is 9.59 Å². The van der Waals surface area contributed by atoms with Gasteiger partial charge in [0.15, 0.2) is 5.82 Å². The first kappa shape index (κ1) is 19.0. The Bertz CT molecular complexity index is 1230. The normalized spacial score (nSPS) is 13.6. The summed E-state index contributed by atoms with van der Waals surface area (Å²) in [4.78, 5) is 27.5. The highest BCUT2D eigenvalue weighted by Gasteiger charge is 2.30. The van der Waals surface area contributed by atoms with Gasteiger partial charge in [-0.3, -0.25) is 14.0 Å². The van der Waals surface area contributed by atoms with Crippen LogP contribution in [-0.2, 0) is 13.6 Å². The Balaban J connectivity index is 1.29. The Morgan fingerprint density at radius 2 is 1.90 bits per heavy atom. The van der Waals surface area contributed by atoms with Gasteiger partial charge in [0.25, 0.3) is 5.91 Å². The number of nitrogens with zero attached hydrogens (tertiary/aromatic N) is 5. The second kappa shape index (κ2) is 7.69. The van der Waals surface area contributed by atoms with Crippen molar-refractivity contribution in [2.75, 3.05) is 6.54 Å². The predicted octanol–water partition coefficient (Wildman–Crippen LogP) is 3.00. The van der Waals surface area contributed by atoms with Crippen molar-refractivity contribution in [1.29, 1.82) is 0 Å². The van der Waals surface area contributed by atoms with Gasteiger partial charge in [-0.25, -0.2) is 9.48 Å². The van der Waals surface area contributed by atoms with Gasteiger partial charge >= 0.3 is 5.69 Å². The molecule has 4 aromatic rings. The number of thiophene rings is 2. The third kappa shape index (κ3) is 3.52. The summed E-state index contributed by atoms with van der Waals surface area (Å²) < 4.78 is 4.82. The van der Waals surface area contributed by atoms with Crippen LogP contribution in [0, 0.1) is 0 Å². The summed E-state index contributed by atoms with van der Waals surface area (Å²) in [5.41, 5.74) is 1.14. The van der Waals surface area contributed by atoms with Crippen molar-refractivity contribution in [3.05, 3.63) is 57.3 Å². The van der Waals surface area contributed by atoms with Crippen LogP contribution in [0.4, 0.5) is 0 Å². The van der Waals surface area contributed by atoms with E-state index in [0.717, 1.165) is 34.1 Å². The molecule has 154 valence electrons. The van der Waals surface area contributed by atoms with Crippen molar-refractivity contribution in [2.24, 2.45) is 7.05 Å². The first-order valence-corrected chi connectivity index (χ1v) is 11.5. The highest BCUT2D eigenvalue weighted by molar-refractivity contribution is 7.13. The molecule has 4 heterocycles. The molecule has 0 bridgehead atoms. The molecule has 0 atom stereocenters. The largest absolute Gasteiger partial charge is 0.349 e. The zero-order valence-corrected chi connectivity index (χ0v) is 17.9. The van der Waals surface area contributed by atoms with E-state index in [0.29, 0.717) is 18.8 Å². The Hall–Kier alpha value is -2.98. The van der Waals surface area contributed by atoms with Gasteiger partial charge in [0, 0.05) is 19.6 Å². The van der Waals surface area contributed by atoms with Crippen LogP contribution in [0.3, 0.4) is 0 Å². The molecular weight excluding hydrogens is 420 g/mol. The molecule has 1 aliphatic carbocycles. The van der Waals surface area contributed by atoms with Gasteiger partial charge in [0.1, 0.15) is 11.4 Å². The molecule has 4 aromatic heterocycles. The molecule has 1 aliphatic rings. The van der Waals surface area contributed by atoms with E-state index in [2.05, 4.69) is 15.5 Å². The van der Waals surface area contributed by atoms with Crippen LogP contribution in [0.5, 0.6) is 0 Å². The van der Waals surface area contributed by atoms with E-state index in [4.69, 9.17) is 0 Å². The van der Waals surface area contributed by atoms with E-state index in [1.807, 2.05) is 35.0 Å². The van der Waals surface area contributed by atoms with Crippen LogP contribution in [0.1, 0.15) is 29.4 Å². The maximum Gasteiger partial charge on any atom is 0.346 e. The number of carbonyl (C=O) groups is 1. The van der Waals surface area contributed by atoms with Crippen LogP contribution < -0.4 is 11.0 Å². The Morgan fingerprint density at radius 1 is 1.17 bits per heavy atom. The van der Waals surface area contributed by atoms with Crippen LogP contribution in [0.15, 0.2) is 45.9 Å². The van der Waals surface area contributed by atoms with Crippen LogP contribution >= 0.6 is 22.7 Å². The van der Waals surface area contributed by atoms with Gasteiger partial charge in [0.2, 0.25) is 0 Å². The third-order valence-electron chi connectivity index (χ3n) is 5.02. The fraction of sp³-hybridized carbons (Fsp3) is 0.300. The lowest BCUT2D eigenvalue weighted by atomic mass is 10.3. The number of amides is 1. The lowest BCUT2D eigenvalue weighted by Crippen LogP contribution is -2.32. The molecule has 0 aliphatic heterocycles. The minimum atomic E-state index is -0.221. The molecule has 0 unspecified atom stereocenters. The van der Waals surface area contributed by atoms with Gasteiger partial charge in [-0.2, -0.15) is 5.10 Å². The average molecular weight is 441 g/mol. The van der Waals surface area contributed by atoms with E-state index in [1.54, 1.807) is 45.0 Å². The fourth-order valence-electron chi connectivity index (χ4n) is 3.39. The number of rotatable bonds is 7. The molecule has 30 heavy (non-hydrogen) atoms. The summed E-state index contributed by atoms with van der Waals surface area (Å²) in [7, 11) is 1.75. The number of aromatic nitrogens is 5. The van der Waals surface area contributed by atoms with Crippen molar-refractivity contribution in [3.8, 4) is 21.3 Å². The summed E-state index contributed by atoms with van der Waals surface area (Å²) >= 11 is 3.15. The van der Waals surface area contributed by atoms with E-state index in [-0.39, 0.29) is 17.6 Å². The van der Waals surface area contributed by atoms with Gasteiger partial charge in [0.05, 0.1) is 16.3 Å². The molecule has 1 saturated carbocycles. The molecule has 0 radical (unpaired) electrons. The van der Waals surface area contributed by atoms with Crippen LogP contribution in [0.25, 0.3) is 21.3 Å². The topological polar surface area (TPSA) is 86.7 Å². The Labute approximate surface area is 180 Å². The zero-order chi connectivity index (χ0) is 20.7. The number of aryl methyl sites for hydroxylation is 1. The van der Waals surface area contributed by atoms with E-state index < -0.39 is 0 Å². The molecule has 0 spiro atoms. The SMILES string of the molecule is Cn1nc(-c2cccs2)cc1C(=O)NCCn1nc(-c2cccs2)n(C2CC2)c1=O. The fourth-order valence-corrected chi connectivity index (χ4v) is 4.78. The maximum absolute atomic E-state index is 12.8. The first-order chi connectivity index (χ1) is 14.6. The summed E-state index contributed by atoms with van der Waals surface area (Å²) in [6.07, 6.45) is 2.02. The molecule has 1 N–H and O–H groups in total. The van der Waals surface area contributed by atoms with Crippen LogP contribution in [0.2, 0.25) is 0 Å². The number of hydrogen-bond donors (Lipinski definition) is 1. The van der Waals surface area contributed by atoms with Crippen molar-refractivity contribution in [3.63, 3.8) is 0 Å². The second-order valence-electron chi connectivity index (χ2n) is 7.18. The molecule has 10 heteroatoms. The summed E-state index contributed by atoms with van der Waals surface area (Å²) in [6.45, 7) is 0.627. The highest BCUT2D eigenvalue weighted by Crippen LogP contribution is 2.37. The molecular formula is C20H20N6O2S2. The van der Waals surface area contributed by atoms with Crippen LogP contribution in [-0.4, -0.2) is 36.6 Å². The lowest BCUT2D eigenvalue weighted by molar-refractivity contribution is 0.0942. The number of carbonyl (C=O) groups excluding carboxylic acids is 1. The van der Waals surface area contributed by atoms with Gasteiger partial charge in [-0.15, -0.1) is 27.8 Å².